The van der Waals surface area contributed by atoms with E-state index in [-0.39, 0.29) is 6.04 Å². The van der Waals surface area contributed by atoms with E-state index in [2.05, 4.69) is 10.4 Å². The molecule has 0 radical (unpaired) electrons. The van der Waals surface area contributed by atoms with Gasteiger partial charge in [-0.25, -0.2) is 0 Å². The molecule has 1 aromatic heterocycles. The Labute approximate surface area is 115 Å². The molecule has 6 heteroatoms. The molecule has 0 aliphatic carbocycles. The molecule has 3 nitrogen and oxygen atoms in total. The Morgan fingerprint density at radius 2 is 2.05 bits per heavy atom. The summed E-state index contributed by atoms with van der Waals surface area (Å²) in [6, 6.07) is 6.80. The number of hydrogen-bond donors (Lipinski definition) is 1. The number of alkyl halides is 3. The summed E-state index contributed by atoms with van der Waals surface area (Å²) in [5, 5.41) is 7.43. The van der Waals surface area contributed by atoms with E-state index < -0.39 is 11.7 Å². The van der Waals surface area contributed by atoms with E-state index in [1.54, 1.807) is 30.1 Å². The molecule has 0 amide bonds. The topological polar surface area (TPSA) is 29.9 Å². The number of rotatable bonds is 4. The average molecular weight is 283 g/mol. The zero-order chi connectivity index (χ0) is 14.8. The largest absolute Gasteiger partial charge is 0.416 e. The molecule has 1 heterocycles. The van der Waals surface area contributed by atoms with Crippen molar-refractivity contribution in [1.29, 1.82) is 0 Å². The van der Waals surface area contributed by atoms with Crippen LogP contribution < -0.4 is 5.32 Å². The highest BCUT2D eigenvalue weighted by atomic mass is 19.4. The number of hydrogen-bond acceptors (Lipinski definition) is 2. The normalized spacial score (nSPS) is 13.4. The molecule has 0 spiro atoms. The second-order valence-corrected chi connectivity index (χ2v) is 4.53. The monoisotopic (exact) mass is 283 g/mol. The van der Waals surface area contributed by atoms with Crippen LogP contribution in [0.1, 0.15) is 29.8 Å². The minimum absolute atomic E-state index is 0.344. The summed E-state index contributed by atoms with van der Waals surface area (Å²) < 4.78 is 40.0. The van der Waals surface area contributed by atoms with Crippen LogP contribution in [-0.2, 0) is 13.2 Å². The van der Waals surface area contributed by atoms with Gasteiger partial charge in [-0.05, 0) is 30.3 Å². The van der Waals surface area contributed by atoms with Crippen LogP contribution in [0.4, 0.5) is 13.2 Å². The highest BCUT2D eigenvalue weighted by Crippen LogP contribution is 2.31. The van der Waals surface area contributed by atoms with Gasteiger partial charge in [-0.3, -0.25) is 4.68 Å². The van der Waals surface area contributed by atoms with E-state index in [9.17, 15) is 13.2 Å². The fourth-order valence-corrected chi connectivity index (χ4v) is 2.08. The zero-order valence-electron chi connectivity index (χ0n) is 11.3. The van der Waals surface area contributed by atoms with Crippen molar-refractivity contribution < 1.29 is 13.2 Å². The van der Waals surface area contributed by atoms with E-state index in [4.69, 9.17) is 0 Å². The van der Waals surface area contributed by atoms with Gasteiger partial charge in [0.15, 0.2) is 0 Å². The summed E-state index contributed by atoms with van der Waals surface area (Å²) in [6.45, 7) is 2.54. The van der Waals surface area contributed by atoms with Gasteiger partial charge in [0.2, 0.25) is 0 Å². The van der Waals surface area contributed by atoms with E-state index in [1.165, 1.54) is 12.1 Å². The zero-order valence-corrected chi connectivity index (χ0v) is 11.3. The van der Waals surface area contributed by atoms with Crippen LogP contribution in [0.15, 0.2) is 36.5 Å². The molecular formula is C14H16F3N3. The standard InChI is InChI=1S/C14H16F3N3/c1-3-18-13(12-7-8-20(2)19-12)10-5-4-6-11(9-10)14(15,16)17/h4-9,13,18H,3H2,1-2H3. The quantitative estimate of drug-likeness (QED) is 0.934. The van der Waals surface area contributed by atoms with Crippen molar-refractivity contribution in [2.45, 2.75) is 19.1 Å². The van der Waals surface area contributed by atoms with Gasteiger partial charge >= 0.3 is 6.18 Å². The molecule has 0 aliphatic heterocycles. The van der Waals surface area contributed by atoms with Gasteiger partial charge in [0.05, 0.1) is 17.3 Å². The van der Waals surface area contributed by atoms with Crippen LogP contribution in [0.5, 0.6) is 0 Å². The van der Waals surface area contributed by atoms with E-state index in [0.717, 1.165) is 6.07 Å². The molecule has 1 atom stereocenters. The molecule has 0 saturated heterocycles. The Bertz CT molecular complexity index is 575. The van der Waals surface area contributed by atoms with Gasteiger partial charge in [0.25, 0.3) is 0 Å². The van der Waals surface area contributed by atoms with Gasteiger partial charge < -0.3 is 5.32 Å². The van der Waals surface area contributed by atoms with Crippen LogP contribution in [0, 0.1) is 0 Å². The van der Waals surface area contributed by atoms with Crippen molar-refractivity contribution >= 4 is 0 Å². The van der Waals surface area contributed by atoms with Crippen molar-refractivity contribution in [3.63, 3.8) is 0 Å². The summed E-state index contributed by atoms with van der Waals surface area (Å²) in [4.78, 5) is 0. The Morgan fingerprint density at radius 1 is 1.30 bits per heavy atom. The third kappa shape index (κ3) is 3.19. The molecule has 2 aromatic rings. The highest BCUT2D eigenvalue weighted by Gasteiger charge is 2.31. The highest BCUT2D eigenvalue weighted by molar-refractivity contribution is 5.32. The maximum absolute atomic E-state index is 12.8. The van der Waals surface area contributed by atoms with Gasteiger partial charge in [-0.2, -0.15) is 18.3 Å². The summed E-state index contributed by atoms with van der Waals surface area (Å²) in [5.74, 6) is 0. The number of nitrogens with zero attached hydrogens (tertiary/aromatic N) is 2. The summed E-state index contributed by atoms with van der Waals surface area (Å²) in [6.07, 6.45) is -2.57. The molecule has 0 bridgehead atoms. The summed E-state index contributed by atoms with van der Waals surface area (Å²) in [7, 11) is 1.78. The van der Waals surface area contributed by atoms with Crippen molar-refractivity contribution in [2.75, 3.05) is 6.54 Å². The number of halogens is 3. The Hall–Kier alpha value is -1.82. The first-order valence-electron chi connectivity index (χ1n) is 6.32. The first-order chi connectivity index (χ1) is 9.41. The number of aromatic nitrogens is 2. The molecule has 0 saturated carbocycles. The predicted octanol–water partition coefficient (Wildman–Crippen LogP) is 3.14. The smallest absolute Gasteiger partial charge is 0.305 e. The molecule has 0 aliphatic rings. The minimum atomic E-state index is -4.34. The molecule has 0 fully saturated rings. The second kappa shape index (κ2) is 5.66. The first kappa shape index (κ1) is 14.6. The minimum Gasteiger partial charge on any atom is -0.305 e. The SMILES string of the molecule is CCNC(c1cccc(C(F)(F)F)c1)c1ccn(C)n1. The third-order valence-electron chi connectivity index (χ3n) is 2.99. The van der Waals surface area contributed by atoms with E-state index in [1.807, 2.05) is 6.92 Å². The second-order valence-electron chi connectivity index (χ2n) is 4.53. The first-order valence-corrected chi connectivity index (χ1v) is 6.32. The molecule has 108 valence electrons. The lowest BCUT2D eigenvalue weighted by Crippen LogP contribution is -2.23. The van der Waals surface area contributed by atoms with Gasteiger partial charge in [-0.15, -0.1) is 0 Å². The number of nitrogens with one attached hydrogen (secondary N) is 1. The summed E-state index contributed by atoms with van der Waals surface area (Å²) in [5.41, 5.74) is 0.614. The molecular weight excluding hydrogens is 267 g/mol. The number of aryl methyl sites for hydroxylation is 1. The average Bonchev–Trinajstić information content (AvgIpc) is 2.81. The van der Waals surface area contributed by atoms with Crippen molar-refractivity contribution in [3.8, 4) is 0 Å². The molecule has 1 aromatic carbocycles. The maximum atomic E-state index is 12.8. The molecule has 20 heavy (non-hydrogen) atoms. The lowest BCUT2D eigenvalue weighted by Gasteiger charge is -2.17. The van der Waals surface area contributed by atoms with Gasteiger partial charge in [0, 0.05) is 13.2 Å². The van der Waals surface area contributed by atoms with E-state index in [0.29, 0.717) is 17.8 Å². The summed E-state index contributed by atoms with van der Waals surface area (Å²) >= 11 is 0. The molecule has 1 unspecified atom stereocenters. The van der Waals surface area contributed by atoms with E-state index >= 15 is 0 Å². The van der Waals surface area contributed by atoms with Crippen molar-refractivity contribution in [2.24, 2.45) is 7.05 Å². The van der Waals surface area contributed by atoms with Gasteiger partial charge in [-0.1, -0.05) is 19.1 Å². The third-order valence-corrected chi connectivity index (χ3v) is 2.99. The Balaban J connectivity index is 2.39. The Kier molecular flexibility index (Phi) is 4.13. The lowest BCUT2D eigenvalue weighted by atomic mass is 10.0. The fraction of sp³-hybridized carbons (Fsp3) is 0.357. The van der Waals surface area contributed by atoms with Crippen molar-refractivity contribution in [3.05, 3.63) is 53.3 Å². The lowest BCUT2D eigenvalue weighted by molar-refractivity contribution is -0.137. The van der Waals surface area contributed by atoms with Gasteiger partial charge in [0.1, 0.15) is 0 Å². The van der Waals surface area contributed by atoms with Crippen LogP contribution in [-0.4, -0.2) is 16.3 Å². The van der Waals surface area contributed by atoms with Crippen LogP contribution in [0.25, 0.3) is 0 Å². The fourth-order valence-electron chi connectivity index (χ4n) is 2.08. The van der Waals surface area contributed by atoms with Crippen molar-refractivity contribution in [1.82, 2.24) is 15.1 Å². The molecule has 2 rings (SSSR count). The molecule has 1 N–H and O–H groups in total. The maximum Gasteiger partial charge on any atom is 0.416 e. The Morgan fingerprint density at radius 3 is 2.60 bits per heavy atom. The predicted molar refractivity (Wildman–Crippen MR) is 70.2 cm³/mol. The van der Waals surface area contributed by atoms with Crippen LogP contribution in [0.3, 0.4) is 0 Å². The van der Waals surface area contributed by atoms with Crippen LogP contribution in [0.2, 0.25) is 0 Å². The van der Waals surface area contributed by atoms with Crippen LogP contribution >= 0.6 is 0 Å². The number of benzene rings is 1.